The minimum absolute atomic E-state index is 0.162. The van der Waals surface area contributed by atoms with E-state index >= 15 is 0 Å². The quantitative estimate of drug-likeness (QED) is 0.139. The van der Waals surface area contributed by atoms with Crippen molar-refractivity contribution < 1.29 is 39.0 Å². The number of rotatable bonds is 16. The zero-order valence-corrected chi connectivity index (χ0v) is 20.8. The third-order valence-electron chi connectivity index (χ3n) is 5.46. The minimum atomic E-state index is -1.37. The lowest BCUT2D eigenvalue weighted by Gasteiger charge is -2.25. The van der Waals surface area contributed by atoms with E-state index in [0.717, 1.165) is 5.56 Å². The number of carbonyl (C=O) groups excluding carboxylic acids is 4. The lowest BCUT2D eigenvalue weighted by atomic mass is 10.0. The molecule has 0 fully saturated rings. The van der Waals surface area contributed by atoms with E-state index in [1.54, 1.807) is 44.2 Å². The van der Waals surface area contributed by atoms with E-state index in [9.17, 15) is 33.9 Å². The van der Waals surface area contributed by atoms with Crippen LogP contribution in [0.25, 0.3) is 0 Å². The number of carboxylic acids is 2. The Balaban J connectivity index is 3.02. The first-order valence-electron chi connectivity index (χ1n) is 11.7. The fourth-order valence-electron chi connectivity index (χ4n) is 3.37. The van der Waals surface area contributed by atoms with Crippen molar-refractivity contribution >= 4 is 35.6 Å². The molecule has 0 radical (unpaired) electrons. The maximum Gasteiger partial charge on any atom is 0.326 e. The van der Waals surface area contributed by atoms with Crippen LogP contribution >= 0.6 is 0 Å². The van der Waals surface area contributed by atoms with Crippen LogP contribution in [-0.4, -0.2) is 69.9 Å². The largest absolute Gasteiger partial charge is 0.481 e. The zero-order valence-electron chi connectivity index (χ0n) is 20.8. The van der Waals surface area contributed by atoms with Crippen LogP contribution in [0.15, 0.2) is 30.3 Å². The van der Waals surface area contributed by atoms with Crippen molar-refractivity contribution in [2.24, 2.45) is 17.4 Å². The Morgan fingerprint density at radius 3 is 1.81 bits per heavy atom. The van der Waals surface area contributed by atoms with Crippen molar-refractivity contribution in [2.75, 3.05) is 0 Å². The highest BCUT2D eigenvalue weighted by molar-refractivity contribution is 5.94. The molecule has 0 saturated carbocycles. The van der Waals surface area contributed by atoms with Gasteiger partial charge in [-0.3, -0.25) is 24.0 Å². The molecule has 0 bridgehead atoms. The fourth-order valence-corrected chi connectivity index (χ4v) is 3.37. The topological polar surface area (TPSA) is 231 Å². The van der Waals surface area contributed by atoms with Crippen molar-refractivity contribution in [1.82, 2.24) is 16.0 Å². The van der Waals surface area contributed by atoms with E-state index in [0.29, 0.717) is 0 Å². The molecule has 204 valence electrons. The number of primary amides is 1. The molecule has 0 aliphatic carbocycles. The predicted molar refractivity (Wildman–Crippen MR) is 132 cm³/mol. The summed E-state index contributed by atoms with van der Waals surface area (Å²) in [6.07, 6.45) is -1.16. The summed E-state index contributed by atoms with van der Waals surface area (Å²) < 4.78 is 0. The van der Waals surface area contributed by atoms with Crippen LogP contribution in [0.3, 0.4) is 0 Å². The van der Waals surface area contributed by atoms with Gasteiger partial charge in [0.05, 0.1) is 6.04 Å². The third-order valence-corrected chi connectivity index (χ3v) is 5.46. The molecule has 1 rings (SSSR count). The number of nitrogens with one attached hydrogen (secondary N) is 3. The highest BCUT2D eigenvalue weighted by Crippen LogP contribution is 2.07. The van der Waals surface area contributed by atoms with Crippen LogP contribution in [0.5, 0.6) is 0 Å². The summed E-state index contributed by atoms with van der Waals surface area (Å²) in [4.78, 5) is 72.3. The smallest absolute Gasteiger partial charge is 0.326 e. The zero-order chi connectivity index (χ0) is 28.1. The summed E-state index contributed by atoms with van der Waals surface area (Å²) in [6, 6.07) is 3.83. The number of nitrogens with two attached hydrogens (primary N) is 2. The minimum Gasteiger partial charge on any atom is -0.481 e. The van der Waals surface area contributed by atoms with E-state index in [2.05, 4.69) is 16.0 Å². The van der Waals surface area contributed by atoms with E-state index in [1.807, 2.05) is 0 Å². The molecule has 13 heteroatoms. The van der Waals surface area contributed by atoms with Crippen molar-refractivity contribution in [1.29, 1.82) is 0 Å². The maximum atomic E-state index is 13.0. The molecule has 4 amide bonds. The molecule has 4 unspecified atom stereocenters. The SMILES string of the molecule is CC(C)C(NC(=O)C(CCC(N)=O)NC(=O)C(CCC(=O)O)NC(=O)C(N)Cc1ccccc1)C(=O)O. The van der Waals surface area contributed by atoms with Gasteiger partial charge in [-0.2, -0.15) is 0 Å². The van der Waals surface area contributed by atoms with Gasteiger partial charge in [-0.25, -0.2) is 4.79 Å². The molecule has 9 N–H and O–H groups in total. The van der Waals surface area contributed by atoms with Gasteiger partial charge in [0.25, 0.3) is 0 Å². The number of hydrogen-bond acceptors (Lipinski definition) is 7. The Bertz CT molecular complexity index is 969. The highest BCUT2D eigenvalue weighted by Gasteiger charge is 2.31. The first kappa shape index (κ1) is 31.0. The molecule has 1 aromatic carbocycles. The summed E-state index contributed by atoms with van der Waals surface area (Å²) in [6.45, 7) is 3.15. The summed E-state index contributed by atoms with van der Waals surface area (Å²) >= 11 is 0. The van der Waals surface area contributed by atoms with Crippen LogP contribution in [0, 0.1) is 5.92 Å². The van der Waals surface area contributed by atoms with Crippen molar-refractivity contribution in [3.05, 3.63) is 35.9 Å². The average Bonchev–Trinajstić information content (AvgIpc) is 2.82. The van der Waals surface area contributed by atoms with Gasteiger partial charge in [-0.05, 0) is 30.7 Å². The molecule has 0 spiro atoms. The van der Waals surface area contributed by atoms with Gasteiger partial charge in [0.2, 0.25) is 23.6 Å². The number of hydrogen-bond donors (Lipinski definition) is 7. The molecule has 37 heavy (non-hydrogen) atoms. The lowest BCUT2D eigenvalue weighted by molar-refractivity contribution is -0.143. The first-order chi connectivity index (χ1) is 17.3. The van der Waals surface area contributed by atoms with Gasteiger partial charge in [0, 0.05) is 12.8 Å². The predicted octanol–water partition coefficient (Wildman–Crippen LogP) is -1.12. The molecular weight excluding hydrogens is 486 g/mol. The van der Waals surface area contributed by atoms with Crippen molar-refractivity contribution in [3.8, 4) is 0 Å². The first-order valence-corrected chi connectivity index (χ1v) is 11.7. The molecule has 1 aromatic rings. The van der Waals surface area contributed by atoms with Gasteiger partial charge >= 0.3 is 11.9 Å². The fraction of sp³-hybridized carbons (Fsp3) is 0.500. The summed E-state index contributed by atoms with van der Waals surface area (Å²) in [5.41, 5.74) is 11.9. The second-order valence-electron chi connectivity index (χ2n) is 8.92. The van der Waals surface area contributed by atoms with Gasteiger partial charge < -0.3 is 37.6 Å². The summed E-state index contributed by atoms with van der Waals surface area (Å²) in [5.74, 6) is -6.23. The van der Waals surface area contributed by atoms with E-state index in [-0.39, 0.29) is 25.7 Å². The molecule has 0 aliphatic rings. The highest BCUT2D eigenvalue weighted by atomic mass is 16.4. The Morgan fingerprint density at radius 1 is 0.811 bits per heavy atom. The van der Waals surface area contributed by atoms with Crippen LogP contribution < -0.4 is 27.4 Å². The standard InChI is InChI=1S/C24H35N5O8/c1-13(2)20(24(36)37)29-23(35)16(8-10-18(26)30)28-22(34)17(9-11-19(31)32)27-21(33)15(25)12-14-6-4-3-5-7-14/h3-7,13,15-17,20H,8-12,25H2,1-2H3,(H2,26,30)(H,27,33)(H,28,34)(H,29,35)(H,31,32)(H,36,37). The Hall–Kier alpha value is -4.00. The monoisotopic (exact) mass is 521 g/mol. The third kappa shape index (κ3) is 11.5. The summed E-state index contributed by atoms with van der Waals surface area (Å²) in [7, 11) is 0. The molecule has 0 saturated heterocycles. The number of carbonyl (C=O) groups is 6. The molecular formula is C24H35N5O8. The molecule has 13 nitrogen and oxygen atoms in total. The number of aliphatic carboxylic acids is 2. The van der Waals surface area contributed by atoms with Crippen LogP contribution in [0.2, 0.25) is 0 Å². The van der Waals surface area contributed by atoms with Gasteiger partial charge in [-0.1, -0.05) is 44.2 Å². The van der Waals surface area contributed by atoms with E-state index < -0.39 is 72.1 Å². The van der Waals surface area contributed by atoms with Gasteiger partial charge in [0.1, 0.15) is 18.1 Å². The molecule has 0 aliphatic heterocycles. The Morgan fingerprint density at radius 2 is 1.32 bits per heavy atom. The van der Waals surface area contributed by atoms with E-state index in [4.69, 9.17) is 16.6 Å². The second-order valence-corrected chi connectivity index (χ2v) is 8.92. The molecule has 4 atom stereocenters. The number of carboxylic acid groups (broad SMARTS) is 2. The van der Waals surface area contributed by atoms with E-state index in [1.165, 1.54) is 0 Å². The lowest BCUT2D eigenvalue weighted by Crippen LogP contribution is -2.57. The number of amides is 4. The molecule has 0 aromatic heterocycles. The average molecular weight is 522 g/mol. The second kappa shape index (κ2) is 15.2. The van der Waals surface area contributed by atoms with Gasteiger partial charge in [0.15, 0.2) is 0 Å². The van der Waals surface area contributed by atoms with Crippen molar-refractivity contribution in [3.63, 3.8) is 0 Å². The Labute approximate surface area is 214 Å². The van der Waals surface area contributed by atoms with Crippen LogP contribution in [0.4, 0.5) is 0 Å². The van der Waals surface area contributed by atoms with Crippen molar-refractivity contribution in [2.45, 2.75) is 70.1 Å². The molecule has 0 heterocycles. The van der Waals surface area contributed by atoms with Crippen LogP contribution in [-0.2, 0) is 35.2 Å². The van der Waals surface area contributed by atoms with Crippen LogP contribution in [0.1, 0.15) is 45.1 Å². The van der Waals surface area contributed by atoms with Gasteiger partial charge in [-0.15, -0.1) is 0 Å². The summed E-state index contributed by atoms with van der Waals surface area (Å²) in [5, 5.41) is 25.5. The Kier molecular flexibility index (Phi) is 12.7. The maximum absolute atomic E-state index is 13.0. The normalized spacial score (nSPS) is 14.1. The number of benzene rings is 1.